The maximum Gasteiger partial charge on any atom is 0.0991 e. The number of benzene rings is 1. The first-order valence-electron chi connectivity index (χ1n) is 6.09. The number of aromatic nitrogens is 2. The van der Waals surface area contributed by atoms with Crippen molar-refractivity contribution in [2.45, 2.75) is 19.5 Å². The van der Waals surface area contributed by atoms with Crippen molar-refractivity contribution in [2.75, 3.05) is 12.0 Å². The van der Waals surface area contributed by atoms with Crippen molar-refractivity contribution >= 4 is 11.8 Å². The summed E-state index contributed by atoms with van der Waals surface area (Å²) in [5.74, 6) is 1.15. The summed E-state index contributed by atoms with van der Waals surface area (Å²) >= 11 is 1.87. The van der Waals surface area contributed by atoms with E-state index in [2.05, 4.69) is 47.7 Å². The molecule has 0 aliphatic rings. The standard InChI is InChI=1S/C14H19N3S/c1-12(10-18-2)16-9-13-3-5-14(6-4-13)17-8-7-15-11-17/h3-8,11-12,16H,9-10H2,1-2H3. The molecule has 2 aromatic rings. The number of hydrogen-bond acceptors (Lipinski definition) is 3. The molecule has 1 atom stereocenters. The minimum absolute atomic E-state index is 0.549. The Morgan fingerprint density at radius 2 is 2.11 bits per heavy atom. The zero-order valence-electron chi connectivity index (χ0n) is 10.8. The maximum absolute atomic E-state index is 4.05. The van der Waals surface area contributed by atoms with Gasteiger partial charge in [-0.1, -0.05) is 12.1 Å². The number of imidazole rings is 1. The number of nitrogens with zero attached hydrogens (tertiary/aromatic N) is 2. The Hall–Kier alpha value is -1.26. The molecule has 0 saturated carbocycles. The van der Waals surface area contributed by atoms with E-state index in [0.29, 0.717) is 6.04 Å². The van der Waals surface area contributed by atoms with Gasteiger partial charge in [-0.3, -0.25) is 0 Å². The van der Waals surface area contributed by atoms with Crippen molar-refractivity contribution in [3.05, 3.63) is 48.5 Å². The molecule has 4 heteroatoms. The first-order valence-corrected chi connectivity index (χ1v) is 7.48. The van der Waals surface area contributed by atoms with Gasteiger partial charge in [-0.25, -0.2) is 4.98 Å². The third kappa shape index (κ3) is 3.62. The van der Waals surface area contributed by atoms with E-state index in [9.17, 15) is 0 Å². The summed E-state index contributed by atoms with van der Waals surface area (Å²) in [6.07, 6.45) is 7.69. The van der Waals surface area contributed by atoms with Gasteiger partial charge in [0.05, 0.1) is 6.33 Å². The molecule has 0 radical (unpaired) electrons. The zero-order valence-corrected chi connectivity index (χ0v) is 11.7. The van der Waals surface area contributed by atoms with Crippen LogP contribution in [-0.2, 0) is 6.54 Å². The van der Waals surface area contributed by atoms with Crippen LogP contribution in [0.15, 0.2) is 43.0 Å². The molecule has 0 aliphatic heterocycles. The Morgan fingerprint density at radius 1 is 1.33 bits per heavy atom. The fourth-order valence-electron chi connectivity index (χ4n) is 1.80. The van der Waals surface area contributed by atoms with Crippen molar-refractivity contribution in [2.24, 2.45) is 0 Å². The summed E-state index contributed by atoms with van der Waals surface area (Å²) in [5, 5.41) is 3.51. The molecule has 2 rings (SSSR count). The van der Waals surface area contributed by atoms with Gasteiger partial charge in [0.1, 0.15) is 0 Å². The van der Waals surface area contributed by atoms with Crippen LogP contribution in [0.5, 0.6) is 0 Å². The van der Waals surface area contributed by atoms with E-state index in [4.69, 9.17) is 0 Å². The van der Waals surface area contributed by atoms with Gasteiger partial charge in [-0.05, 0) is 30.9 Å². The van der Waals surface area contributed by atoms with Crippen LogP contribution < -0.4 is 5.32 Å². The molecule has 1 aromatic carbocycles. The van der Waals surface area contributed by atoms with E-state index in [1.165, 1.54) is 5.56 Å². The van der Waals surface area contributed by atoms with Crippen LogP contribution in [0, 0.1) is 0 Å². The van der Waals surface area contributed by atoms with Gasteiger partial charge in [-0.15, -0.1) is 0 Å². The van der Waals surface area contributed by atoms with Crippen LogP contribution in [0.4, 0.5) is 0 Å². The Bertz CT molecular complexity index is 450. The molecule has 96 valence electrons. The first kappa shape index (κ1) is 13.2. The Kier molecular flexibility index (Phi) is 4.84. The van der Waals surface area contributed by atoms with Gasteiger partial charge in [0.25, 0.3) is 0 Å². The molecule has 1 unspecified atom stereocenters. The second-order valence-corrected chi connectivity index (χ2v) is 5.28. The van der Waals surface area contributed by atoms with E-state index in [1.54, 1.807) is 6.20 Å². The molecule has 0 bridgehead atoms. The summed E-state index contributed by atoms with van der Waals surface area (Å²) in [7, 11) is 0. The van der Waals surface area contributed by atoms with E-state index in [1.807, 2.05) is 28.9 Å². The minimum atomic E-state index is 0.549. The maximum atomic E-state index is 4.05. The van der Waals surface area contributed by atoms with E-state index in [-0.39, 0.29) is 0 Å². The van der Waals surface area contributed by atoms with Crippen molar-refractivity contribution in [3.63, 3.8) is 0 Å². The largest absolute Gasteiger partial charge is 0.309 e. The molecule has 18 heavy (non-hydrogen) atoms. The number of hydrogen-bond donors (Lipinski definition) is 1. The fraction of sp³-hybridized carbons (Fsp3) is 0.357. The number of rotatable bonds is 6. The minimum Gasteiger partial charge on any atom is -0.309 e. The molecule has 1 aromatic heterocycles. The molecule has 0 fully saturated rings. The second-order valence-electron chi connectivity index (χ2n) is 4.37. The normalized spacial score (nSPS) is 12.6. The topological polar surface area (TPSA) is 29.9 Å². The average molecular weight is 261 g/mol. The second kappa shape index (κ2) is 6.61. The van der Waals surface area contributed by atoms with Gasteiger partial charge in [0.15, 0.2) is 0 Å². The SMILES string of the molecule is CSCC(C)NCc1ccc(-n2ccnc2)cc1. The van der Waals surface area contributed by atoms with Crippen molar-refractivity contribution in [1.82, 2.24) is 14.9 Å². The van der Waals surface area contributed by atoms with Crippen LogP contribution in [0.2, 0.25) is 0 Å². The third-order valence-corrected chi connectivity index (χ3v) is 3.64. The summed E-state index contributed by atoms with van der Waals surface area (Å²) in [5.41, 5.74) is 2.46. The van der Waals surface area contributed by atoms with E-state index < -0.39 is 0 Å². The van der Waals surface area contributed by atoms with Gasteiger partial charge in [-0.2, -0.15) is 11.8 Å². The molecule has 0 amide bonds. The van der Waals surface area contributed by atoms with Crippen LogP contribution in [0.25, 0.3) is 5.69 Å². The number of nitrogens with one attached hydrogen (secondary N) is 1. The highest BCUT2D eigenvalue weighted by Gasteiger charge is 2.01. The predicted octanol–water partition coefficient (Wildman–Crippen LogP) is 2.71. The predicted molar refractivity (Wildman–Crippen MR) is 78.2 cm³/mol. The number of thioether (sulfide) groups is 1. The van der Waals surface area contributed by atoms with Crippen LogP contribution in [0.3, 0.4) is 0 Å². The van der Waals surface area contributed by atoms with Gasteiger partial charge >= 0.3 is 0 Å². The highest BCUT2D eigenvalue weighted by Crippen LogP contribution is 2.09. The van der Waals surface area contributed by atoms with Crippen LogP contribution in [0.1, 0.15) is 12.5 Å². The zero-order chi connectivity index (χ0) is 12.8. The molecule has 0 spiro atoms. The molecule has 3 nitrogen and oxygen atoms in total. The Balaban J connectivity index is 1.92. The van der Waals surface area contributed by atoms with Crippen molar-refractivity contribution < 1.29 is 0 Å². The van der Waals surface area contributed by atoms with Crippen molar-refractivity contribution in [1.29, 1.82) is 0 Å². The lowest BCUT2D eigenvalue weighted by Crippen LogP contribution is -2.27. The molecule has 1 N–H and O–H groups in total. The van der Waals surface area contributed by atoms with Gasteiger partial charge < -0.3 is 9.88 Å². The van der Waals surface area contributed by atoms with Gasteiger partial charge in [0.2, 0.25) is 0 Å². The lowest BCUT2D eigenvalue weighted by Gasteiger charge is -2.12. The van der Waals surface area contributed by atoms with Gasteiger partial charge in [0, 0.05) is 36.4 Å². The Labute approximate surface area is 113 Å². The van der Waals surface area contributed by atoms with E-state index >= 15 is 0 Å². The summed E-state index contributed by atoms with van der Waals surface area (Å²) < 4.78 is 2.01. The molecule has 0 aliphatic carbocycles. The van der Waals surface area contributed by atoms with Crippen molar-refractivity contribution in [3.8, 4) is 5.69 Å². The Morgan fingerprint density at radius 3 is 2.72 bits per heavy atom. The highest BCUT2D eigenvalue weighted by atomic mass is 32.2. The third-order valence-electron chi connectivity index (χ3n) is 2.81. The average Bonchev–Trinajstić information content (AvgIpc) is 2.91. The highest BCUT2D eigenvalue weighted by molar-refractivity contribution is 7.98. The smallest absolute Gasteiger partial charge is 0.0991 e. The lowest BCUT2D eigenvalue weighted by atomic mass is 10.2. The lowest BCUT2D eigenvalue weighted by molar-refractivity contribution is 0.596. The molecule has 1 heterocycles. The summed E-state index contributed by atoms with van der Waals surface area (Å²) in [6.45, 7) is 3.14. The molecule has 0 saturated heterocycles. The summed E-state index contributed by atoms with van der Waals surface area (Å²) in [6, 6.07) is 9.12. The first-order chi connectivity index (χ1) is 8.79. The van der Waals surface area contributed by atoms with Crippen LogP contribution >= 0.6 is 11.8 Å². The van der Waals surface area contributed by atoms with E-state index in [0.717, 1.165) is 18.0 Å². The molecular weight excluding hydrogens is 242 g/mol. The molecular formula is C14H19N3S. The quantitative estimate of drug-likeness (QED) is 0.867. The summed E-state index contributed by atoms with van der Waals surface area (Å²) in [4.78, 5) is 4.05. The van der Waals surface area contributed by atoms with Crippen LogP contribution in [-0.4, -0.2) is 27.6 Å². The monoisotopic (exact) mass is 261 g/mol. The fourth-order valence-corrected chi connectivity index (χ4v) is 2.42.